The van der Waals surface area contributed by atoms with Gasteiger partial charge in [-0.15, -0.1) is 0 Å². The largest absolute Gasteiger partial charge is 0.470 e. The number of rotatable bonds is 5. The Labute approximate surface area is 214 Å². The van der Waals surface area contributed by atoms with E-state index in [-0.39, 0.29) is 12.2 Å². The van der Waals surface area contributed by atoms with Crippen LogP contribution in [0.1, 0.15) is 57.2 Å². The number of halogens is 3. The number of hydrogen-bond acceptors (Lipinski definition) is 7. The summed E-state index contributed by atoms with van der Waals surface area (Å²) in [6, 6.07) is 1.92. The Bertz CT molecular complexity index is 1460. The van der Waals surface area contributed by atoms with Crippen molar-refractivity contribution in [3.8, 4) is 5.88 Å². The summed E-state index contributed by atoms with van der Waals surface area (Å²) >= 11 is 0. The number of alkyl halides is 3. The number of aromatic amines is 1. The van der Waals surface area contributed by atoms with Gasteiger partial charge in [-0.05, 0) is 51.7 Å². The number of anilines is 1. The van der Waals surface area contributed by atoms with Crippen molar-refractivity contribution >= 4 is 28.7 Å². The number of H-pyrrole nitrogens is 1. The van der Waals surface area contributed by atoms with Crippen LogP contribution >= 0.6 is 0 Å². The molecule has 1 aliphatic heterocycles. The number of imide groups is 1. The normalized spacial score (nSPS) is 25.7. The predicted octanol–water partition coefficient (Wildman–Crippen LogP) is 3.90. The molecule has 2 saturated carbocycles. The summed E-state index contributed by atoms with van der Waals surface area (Å²) in [6.07, 6.45) is 1.13. The van der Waals surface area contributed by atoms with Crippen LogP contribution in [0.2, 0.25) is 0 Å². The van der Waals surface area contributed by atoms with Gasteiger partial charge in [-0.1, -0.05) is 0 Å². The minimum Gasteiger partial charge on any atom is -0.470 e. The first-order valence-corrected chi connectivity index (χ1v) is 12.2. The maximum Gasteiger partial charge on any atom is 0.417 e. The molecule has 200 valence electrons. The first-order chi connectivity index (χ1) is 17.8. The molecular weight excluding hydrogens is 505 g/mol. The molecule has 0 radical (unpaired) electrons. The van der Waals surface area contributed by atoms with Gasteiger partial charge in [-0.3, -0.25) is 19.6 Å². The molecule has 13 heteroatoms. The number of aromatic nitrogens is 4. The number of carbonyl (C=O) groups is 2. The summed E-state index contributed by atoms with van der Waals surface area (Å²) in [5.41, 5.74) is -2.58. The van der Waals surface area contributed by atoms with Crippen LogP contribution in [0.5, 0.6) is 5.88 Å². The lowest BCUT2D eigenvalue weighted by molar-refractivity contribution is -0.137. The summed E-state index contributed by atoms with van der Waals surface area (Å²) in [7, 11) is 0. The van der Waals surface area contributed by atoms with Gasteiger partial charge in [0.1, 0.15) is 24.1 Å². The minimum atomic E-state index is -4.62. The third-order valence-corrected chi connectivity index (χ3v) is 7.91. The number of urea groups is 1. The molecule has 0 aromatic carbocycles. The van der Waals surface area contributed by atoms with Gasteiger partial charge in [-0.2, -0.15) is 13.2 Å². The van der Waals surface area contributed by atoms with E-state index in [0.717, 1.165) is 17.2 Å². The minimum absolute atomic E-state index is 0.0750. The molecule has 3 amide bonds. The number of fused-ring (bicyclic) bond motifs is 3. The number of amides is 3. The van der Waals surface area contributed by atoms with Crippen LogP contribution in [0.3, 0.4) is 0 Å². The van der Waals surface area contributed by atoms with Crippen LogP contribution in [0.15, 0.2) is 30.9 Å². The topological polar surface area (TPSA) is 125 Å². The molecule has 3 fully saturated rings. The Hall–Kier alpha value is -3.74. The highest BCUT2D eigenvalue weighted by atomic mass is 19.4. The van der Waals surface area contributed by atoms with Crippen molar-refractivity contribution < 1.29 is 32.6 Å². The third kappa shape index (κ3) is 3.79. The molecule has 6 rings (SSSR count). The van der Waals surface area contributed by atoms with Gasteiger partial charge >= 0.3 is 12.2 Å². The van der Waals surface area contributed by atoms with Gasteiger partial charge in [0.2, 0.25) is 5.88 Å². The van der Waals surface area contributed by atoms with Crippen molar-refractivity contribution in [2.24, 2.45) is 0 Å². The SMILES string of the molecule is CC(C)(O)c1cc2c(OC34CCC(N5C(=O)CN(c6cncc(C(F)(F)F)c6)C5=O)(CC3)C4)ncnc2[nH]1. The number of carbonyl (C=O) groups excluding carboxylic acids is 2. The first-order valence-electron chi connectivity index (χ1n) is 12.2. The molecule has 4 heterocycles. The molecular formula is C25H25F3N6O4. The lowest BCUT2D eigenvalue weighted by Gasteiger charge is -2.34. The second-order valence-corrected chi connectivity index (χ2v) is 10.9. The molecule has 10 nitrogen and oxygen atoms in total. The number of aliphatic hydroxyl groups is 1. The summed E-state index contributed by atoms with van der Waals surface area (Å²) in [5, 5.41) is 11.0. The van der Waals surface area contributed by atoms with Crippen molar-refractivity contribution in [3.63, 3.8) is 0 Å². The zero-order valence-electron chi connectivity index (χ0n) is 20.7. The lowest BCUT2D eigenvalue weighted by atomic mass is 9.91. The molecule has 0 atom stereocenters. The van der Waals surface area contributed by atoms with Crippen LogP contribution in [-0.4, -0.2) is 59.6 Å². The zero-order valence-corrected chi connectivity index (χ0v) is 20.7. The van der Waals surface area contributed by atoms with Gasteiger partial charge in [-0.25, -0.2) is 14.8 Å². The van der Waals surface area contributed by atoms with Crippen molar-refractivity contribution in [1.29, 1.82) is 0 Å². The highest BCUT2D eigenvalue weighted by Gasteiger charge is 2.63. The van der Waals surface area contributed by atoms with Crippen LogP contribution in [0.25, 0.3) is 11.0 Å². The van der Waals surface area contributed by atoms with Crippen molar-refractivity contribution in [3.05, 3.63) is 42.1 Å². The molecule has 38 heavy (non-hydrogen) atoms. The highest BCUT2D eigenvalue weighted by molar-refractivity contribution is 6.12. The Balaban J connectivity index is 1.26. The fourth-order valence-electron chi connectivity index (χ4n) is 6.00. The van der Waals surface area contributed by atoms with E-state index in [1.54, 1.807) is 19.9 Å². The van der Waals surface area contributed by atoms with E-state index >= 15 is 0 Å². The third-order valence-electron chi connectivity index (χ3n) is 7.91. The number of ether oxygens (including phenoxy) is 1. The van der Waals surface area contributed by atoms with E-state index in [2.05, 4.69) is 19.9 Å². The van der Waals surface area contributed by atoms with Crippen molar-refractivity contribution in [1.82, 2.24) is 24.8 Å². The number of hydrogen-bond donors (Lipinski definition) is 2. The number of nitrogens with one attached hydrogen (secondary N) is 1. The average molecular weight is 531 g/mol. The van der Waals surface area contributed by atoms with Crippen LogP contribution in [0.4, 0.5) is 23.7 Å². The van der Waals surface area contributed by atoms with Gasteiger partial charge in [0.25, 0.3) is 5.91 Å². The Morgan fingerprint density at radius 1 is 1.08 bits per heavy atom. The lowest BCUT2D eigenvalue weighted by Crippen LogP contribution is -2.49. The fourth-order valence-corrected chi connectivity index (χ4v) is 6.00. The Kier molecular flexibility index (Phi) is 5.10. The van der Waals surface area contributed by atoms with Crippen LogP contribution < -0.4 is 9.64 Å². The average Bonchev–Trinajstić information content (AvgIpc) is 3.59. The molecule has 3 aromatic heterocycles. The quantitative estimate of drug-likeness (QED) is 0.480. The Morgan fingerprint density at radius 2 is 1.82 bits per heavy atom. The van der Waals surface area contributed by atoms with E-state index in [9.17, 15) is 27.9 Å². The van der Waals surface area contributed by atoms with E-state index < -0.39 is 40.4 Å². The molecule has 0 unspecified atom stereocenters. The van der Waals surface area contributed by atoms with E-state index in [1.807, 2.05) is 0 Å². The Morgan fingerprint density at radius 3 is 2.50 bits per heavy atom. The second-order valence-electron chi connectivity index (χ2n) is 10.9. The summed E-state index contributed by atoms with van der Waals surface area (Å²) in [6.45, 7) is 2.94. The molecule has 3 aromatic rings. The zero-order chi connectivity index (χ0) is 27.1. The predicted molar refractivity (Wildman–Crippen MR) is 127 cm³/mol. The van der Waals surface area contributed by atoms with E-state index in [0.29, 0.717) is 60.9 Å². The maximum atomic E-state index is 13.4. The van der Waals surface area contributed by atoms with Gasteiger partial charge in [0.15, 0.2) is 0 Å². The monoisotopic (exact) mass is 530 g/mol. The molecule has 2 N–H and O–H groups in total. The van der Waals surface area contributed by atoms with Crippen LogP contribution in [0, 0.1) is 0 Å². The van der Waals surface area contributed by atoms with E-state index in [1.165, 1.54) is 11.2 Å². The smallest absolute Gasteiger partial charge is 0.417 e. The standard InChI is InChI=1S/C25H25F3N6O4/c1-22(2,37)17-8-16-19(32-17)30-13-31-20(16)38-24-5-3-23(12-24,4-6-24)34-18(35)11-33(21(34)36)15-7-14(9-29-10-15)25(26,27)28/h7-10,13,37H,3-6,11-12H2,1-2H3,(H,30,31,32). The molecule has 1 saturated heterocycles. The summed E-state index contributed by atoms with van der Waals surface area (Å²) < 4.78 is 46.0. The van der Waals surface area contributed by atoms with Gasteiger partial charge < -0.3 is 14.8 Å². The van der Waals surface area contributed by atoms with Crippen LogP contribution in [-0.2, 0) is 16.6 Å². The fraction of sp³-hybridized carbons (Fsp3) is 0.480. The molecule has 0 spiro atoms. The summed E-state index contributed by atoms with van der Waals surface area (Å²) in [5.74, 6) is -0.120. The molecule has 3 aliphatic rings. The number of nitrogens with zero attached hydrogens (tertiary/aromatic N) is 5. The summed E-state index contributed by atoms with van der Waals surface area (Å²) in [4.78, 5) is 44.0. The van der Waals surface area contributed by atoms with Gasteiger partial charge in [0, 0.05) is 18.3 Å². The van der Waals surface area contributed by atoms with Crippen molar-refractivity contribution in [2.75, 3.05) is 11.4 Å². The highest BCUT2D eigenvalue weighted by Crippen LogP contribution is 2.56. The number of pyridine rings is 1. The first kappa shape index (κ1) is 24.6. The maximum absolute atomic E-state index is 13.4. The molecule has 2 bridgehead atoms. The van der Waals surface area contributed by atoms with E-state index in [4.69, 9.17) is 4.74 Å². The second kappa shape index (κ2) is 7.88. The van der Waals surface area contributed by atoms with Gasteiger partial charge in [0.05, 0.1) is 34.0 Å². The van der Waals surface area contributed by atoms with Crippen molar-refractivity contribution in [2.45, 2.75) is 68.9 Å². The molecule has 2 aliphatic carbocycles.